The van der Waals surface area contributed by atoms with Gasteiger partial charge in [-0.25, -0.2) is 4.79 Å². The van der Waals surface area contributed by atoms with Crippen LogP contribution in [0.25, 0.3) is 0 Å². The van der Waals surface area contributed by atoms with Gasteiger partial charge in [-0.15, -0.1) is 6.58 Å². The summed E-state index contributed by atoms with van der Waals surface area (Å²) < 4.78 is 0. The van der Waals surface area contributed by atoms with E-state index in [9.17, 15) is 9.59 Å². The lowest BCUT2D eigenvalue weighted by atomic mass is 10.0. The van der Waals surface area contributed by atoms with E-state index in [1.54, 1.807) is 18.2 Å². The Morgan fingerprint density at radius 2 is 2.20 bits per heavy atom. The second kappa shape index (κ2) is 8.62. The van der Waals surface area contributed by atoms with Crippen molar-refractivity contribution in [3.8, 4) is 0 Å². The molecule has 0 saturated carbocycles. The molecule has 0 saturated heterocycles. The highest BCUT2D eigenvalue weighted by atomic mass is 16.4. The fourth-order valence-electron chi connectivity index (χ4n) is 3.12. The van der Waals surface area contributed by atoms with E-state index >= 15 is 0 Å². The minimum Gasteiger partial charge on any atom is -0.478 e. The number of rotatable bonds is 7. The lowest BCUT2D eigenvalue weighted by Crippen LogP contribution is -2.48. The zero-order valence-electron chi connectivity index (χ0n) is 14.9. The molecule has 2 unspecified atom stereocenters. The predicted molar refractivity (Wildman–Crippen MR) is 98.5 cm³/mol. The summed E-state index contributed by atoms with van der Waals surface area (Å²) in [5.74, 6) is -1.02. The van der Waals surface area contributed by atoms with Gasteiger partial charge in [-0.05, 0) is 49.9 Å². The molecule has 0 aromatic heterocycles. The summed E-state index contributed by atoms with van der Waals surface area (Å²) >= 11 is 0. The van der Waals surface area contributed by atoms with Gasteiger partial charge in [0.15, 0.2) is 0 Å². The predicted octanol–water partition coefficient (Wildman–Crippen LogP) is 2.90. The number of hydrogen-bond donors (Lipinski definition) is 2. The van der Waals surface area contributed by atoms with Gasteiger partial charge in [0.25, 0.3) is 0 Å². The molecule has 5 nitrogen and oxygen atoms in total. The fraction of sp³-hybridized carbons (Fsp3) is 0.400. The lowest BCUT2D eigenvalue weighted by Gasteiger charge is -2.36. The fourth-order valence-corrected chi connectivity index (χ4v) is 3.12. The Bertz CT molecular complexity index is 682. The smallest absolute Gasteiger partial charge is 0.335 e. The first-order chi connectivity index (χ1) is 11.9. The summed E-state index contributed by atoms with van der Waals surface area (Å²) in [5.41, 5.74) is 2.02. The monoisotopic (exact) mass is 342 g/mol. The number of carbonyl (C=O) groups excluding carboxylic acids is 1. The number of nitrogens with one attached hydrogen (secondary N) is 1. The molecule has 1 aliphatic heterocycles. The standard InChI is InChI=1S/C20H26N2O3/c1-4-6-18-8-5-7-15(3)22(18)13-19(23)21-12-17-11-16(20(24)25)10-9-14(17)2/h4-5,7,9-11,15,18H,1,6,8,12-13H2,2-3H3,(H,21,23)(H,24,25). The summed E-state index contributed by atoms with van der Waals surface area (Å²) in [4.78, 5) is 25.7. The highest BCUT2D eigenvalue weighted by molar-refractivity contribution is 5.88. The highest BCUT2D eigenvalue weighted by Crippen LogP contribution is 2.19. The molecule has 1 aromatic rings. The van der Waals surface area contributed by atoms with E-state index in [0.29, 0.717) is 19.1 Å². The molecule has 0 radical (unpaired) electrons. The molecular weight excluding hydrogens is 316 g/mol. The van der Waals surface area contributed by atoms with Crippen LogP contribution < -0.4 is 5.32 Å². The summed E-state index contributed by atoms with van der Waals surface area (Å²) in [6.07, 6.45) is 7.94. The quantitative estimate of drug-likeness (QED) is 0.748. The minimum absolute atomic E-state index is 0.0589. The van der Waals surface area contributed by atoms with Crippen LogP contribution >= 0.6 is 0 Å². The van der Waals surface area contributed by atoms with Gasteiger partial charge in [0.2, 0.25) is 5.91 Å². The summed E-state index contributed by atoms with van der Waals surface area (Å²) in [5, 5.41) is 12.0. The molecule has 0 bridgehead atoms. The van der Waals surface area contributed by atoms with Gasteiger partial charge in [-0.3, -0.25) is 9.69 Å². The van der Waals surface area contributed by atoms with Crippen molar-refractivity contribution in [2.45, 2.75) is 45.3 Å². The van der Waals surface area contributed by atoms with E-state index in [2.05, 4.69) is 35.9 Å². The molecule has 1 heterocycles. The summed E-state index contributed by atoms with van der Waals surface area (Å²) in [6, 6.07) is 5.46. The Hall–Kier alpha value is -2.40. The number of hydrogen-bond acceptors (Lipinski definition) is 3. The largest absolute Gasteiger partial charge is 0.478 e. The topological polar surface area (TPSA) is 69.6 Å². The average Bonchev–Trinajstić information content (AvgIpc) is 2.57. The van der Waals surface area contributed by atoms with Crippen molar-refractivity contribution < 1.29 is 14.7 Å². The third-order valence-corrected chi connectivity index (χ3v) is 4.65. The normalized spacial score (nSPS) is 20.2. The van der Waals surface area contributed by atoms with E-state index < -0.39 is 5.97 Å². The van der Waals surface area contributed by atoms with E-state index in [4.69, 9.17) is 5.11 Å². The lowest BCUT2D eigenvalue weighted by molar-refractivity contribution is -0.123. The first-order valence-corrected chi connectivity index (χ1v) is 8.55. The third-order valence-electron chi connectivity index (χ3n) is 4.65. The Labute approximate surface area is 149 Å². The molecule has 2 rings (SSSR count). The van der Waals surface area contributed by atoms with Crippen molar-refractivity contribution in [2.75, 3.05) is 6.54 Å². The van der Waals surface area contributed by atoms with Crippen LogP contribution in [-0.4, -0.2) is 40.5 Å². The average molecular weight is 342 g/mol. The molecule has 5 heteroatoms. The first-order valence-electron chi connectivity index (χ1n) is 8.55. The van der Waals surface area contributed by atoms with Crippen molar-refractivity contribution in [2.24, 2.45) is 0 Å². The minimum atomic E-state index is -0.964. The van der Waals surface area contributed by atoms with Crippen LogP contribution in [0.15, 0.2) is 43.0 Å². The molecule has 1 amide bonds. The molecule has 0 aliphatic carbocycles. The van der Waals surface area contributed by atoms with Gasteiger partial charge in [-0.2, -0.15) is 0 Å². The van der Waals surface area contributed by atoms with Crippen LogP contribution in [0.3, 0.4) is 0 Å². The Kier molecular flexibility index (Phi) is 6.53. The Balaban J connectivity index is 1.98. The van der Waals surface area contributed by atoms with Crippen LogP contribution in [0.2, 0.25) is 0 Å². The van der Waals surface area contributed by atoms with Gasteiger partial charge in [0.05, 0.1) is 12.1 Å². The summed E-state index contributed by atoms with van der Waals surface area (Å²) in [6.45, 7) is 8.44. The van der Waals surface area contributed by atoms with Gasteiger partial charge >= 0.3 is 5.97 Å². The van der Waals surface area contributed by atoms with E-state index in [1.807, 2.05) is 13.0 Å². The van der Waals surface area contributed by atoms with Crippen LogP contribution in [0.4, 0.5) is 0 Å². The van der Waals surface area contributed by atoms with Crippen LogP contribution in [0.5, 0.6) is 0 Å². The number of aryl methyl sites for hydroxylation is 1. The van der Waals surface area contributed by atoms with Crippen LogP contribution in [0, 0.1) is 6.92 Å². The number of benzene rings is 1. The molecular formula is C20H26N2O3. The molecule has 2 atom stereocenters. The van der Waals surface area contributed by atoms with Crippen molar-refractivity contribution >= 4 is 11.9 Å². The van der Waals surface area contributed by atoms with Gasteiger partial charge < -0.3 is 10.4 Å². The maximum absolute atomic E-state index is 12.4. The van der Waals surface area contributed by atoms with Gasteiger partial charge in [0.1, 0.15) is 0 Å². The first kappa shape index (κ1) is 18.9. The van der Waals surface area contributed by atoms with Gasteiger partial charge in [-0.1, -0.05) is 24.3 Å². The van der Waals surface area contributed by atoms with Crippen molar-refractivity contribution in [1.82, 2.24) is 10.2 Å². The van der Waals surface area contributed by atoms with E-state index in [1.165, 1.54) is 0 Å². The van der Waals surface area contributed by atoms with Crippen molar-refractivity contribution in [3.05, 3.63) is 59.7 Å². The maximum Gasteiger partial charge on any atom is 0.335 e. The molecule has 0 spiro atoms. The number of nitrogens with zero attached hydrogens (tertiary/aromatic N) is 1. The number of carboxylic acids is 1. The number of carboxylic acid groups (broad SMARTS) is 1. The molecule has 1 aromatic carbocycles. The molecule has 25 heavy (non-hydrogen) atoms. The van der Waals surface area contributed by atoms with Gasteiger partial charge in [0, 0.05) is 18.6 Å². The SMILES string of the molecule is C=CCC1CC=CC(C)N1CC(=O)NCc1cc(C(=O)O)ccc1C. The van der Waals surface area contributed by atoms with Crippen molar-refractivity contribution in [3.63, 3.8) is 0 Å². The number of amides is 1. The Morgan fingerprint density at radius 3 is 2.88 bits per heavy atom. The van der Waals surface area contributed by atoms with E-state index in [-0.39, 0.29) is 17.5 Å². The second-order valence-electron chi connectivity index (χ2n) is 6.48. The second-order valence-corrected chi connectivity index (χ2v) is 6.48. The Morgan fingerprint density at radius 1 is 1.44 bits per heavy atom. The zero-order chi connectivity index (χ0) is 18.4. The molecule has 0 fully saturated rings. The highest BCUT2D eigenvalue weighted by Gasteiger charge is 2.25. The molecule has 1 aliphatic rings. The third kappa shape index (κ3) is 5.03. The van der Waals surface area contributed by atoms with Crippen LogP contribution in [-0.2, 0) is 11.3 Å². The number of aromatic carboxylic acids is 1. The van der Waals surface area contributed by atoms with E-state index in [0.717, 1.165) is 24.0 Å². The maximum atomic E-state index is 12.4. The van der Waals surface area contributed by atoms with Crippen LogP contribution in [0.1, 0.15) is 41.3 Å². The zero-order valence-corrected chi connectivity index (χ0v) is 14.9. The summed E-state index contributed by atoms with van der Waals surface area (Å²) in [7, 11) is 0. The number of carbonyl (C=O) groups is 2. The van der Waals surface area contributed by atoms with Crippen molar-refractivity contribution in [1.29, 1.82) is 0 Å². The molecule has 134 valence electrons. The molecule has 2 N–H and O–H groups in total.